The predicted octanol–water partition coefficient (Wildman–Crippen LogP) is 4.60. The summed E-state index contributed by atoms with van der Waals surface area (Å²) < 4.78 is 5.44. The topological polar surface area (TPSA) is 21.3 Å². The Morgan fingerprint density at radius 1 is 1.06 bits per heavy atom. The SMILES string of the molecule is COC(C)c1cccc2c1Nc1ccccc1S2. The fraction of sp³-hybridized carbons (Fsp3) is 0.200. The average Bonchev–Trinajstić information content (AvgIpc) is 2.43. The molecule has 0 radical (unpaired) electrons. The van der Waals surface area contributed by atoms with Crippen LogP contribution in [0, 0.1) is 0 Å². The molecule has 1 N–H and O–H groups in total. The van der Waals surface area contributed by atoms with Crippen molar-refractivity contribution in [2.45, 2.75) is 22.8 Å². The molecular weight excluding hydrogens is 242 g/mol. The minimum atomic E-state index is 0.0957. The lowest BCUT2D eigenvalue weighted by atomic mass is 10.1. The van der Waals surface area contributed by atoms with Gasteiger partial charge in [0, 0.05) is 22.5 Å². The maximum atomic E-state index is 5.44. The summed E-state index contributed by atoms with van der Waals surface area (Å²) >= 11 is 1.81. The maximum absolute atomic E-state index is 5.44. The summed E-state index contributed by atoms with van der Waals surface area (Å²) in [6.45, 7) is 2.07. The van der Waals surface area contributed by atoms with Gasteiger partial charge in [-0.25, -0.2) is 0 Å². The van der Waals surface area contributed by atoms with E-state index in [-0.39, 0.29) is 6.10 Å². The van der Waals surface area contributed by atoms with Crippen molar-refractivity contribution in [1.29, 1.82) is 0 Å². The van der Waals surface area contributed by atoms with Gasteiger partial charge in [-0.3, -0.25) is 0 Å². The summed E-state index contributed by atoms with van der Waals surface area (Å²) in [5, 5.41) is 3.52. The minimum absolute atomic E-state index is 0.0957. The second kappa shape index (κ2) is 4.67. The molecule has 1 heterocycles. The molecular formula is C15H15NOS. The second-order valence-electron chi connectivity index (χ2n) is 4.32. The van der Waals surface area contributed by atoms with Gasteiger partial charge in [0.1, 0.15) is 0 Å². The molecule has 2 nitrogen and oxygen atoms in total. The van der Waals surface area contributed by atoms with Crippen LogP contribution in [-0.4, -0.2) is 7.11 Å². The zero-order valence-electron chi connectivity index (χ0n) is 10.4. The number of ether oxygens (including phenoxy) is 1. The van der Waals surface area contributed by atoms with Crippen LogP contribution in [0.2, 0.25) is 0 Å². The lowest BCUT2D eigenvalue weighted by Crippen LogP contribution is -2.06. The lowest BCUT2D eigenvalue weighted by molar-refractivity contribution is 0.120. The van der Waals surface area contributed by atoms with E-state index in [0.717, 1.165) is 0 Å². The van der Waals surface area contributed by atoms with E-state index in [2.05, 4.69) is 54.7 Å². The van der Waals surface area contributed by atoms with E-state index in [0.29, 0.717) is 0 Å². The molecule has 0 saturated carbocycles. The van der Waals surface area contributed by atoms with Crippen LogP contribution < -0.4 is 5.32 Å². The van der Waals surface area contributed by atoms with Gasteiger partial charge in [-0.15, -0.1) is 0 Å². The molecule has 1 aliphatic heterocycles. The summed E-state index contributed by atoms with van der Waals surface area (Å²) in [6.07, 6.45) is 0.0957. The summed E-state index contributed by atoms with van der Waals surface area (Å²) in [5.41, 5.74) is 3.55. The molecule has 2 aromatic carbocycles. The van der Waals surface area contributed by atoms with Gasteiger partial charge >= 0.3 is 0 Å². The third-order valence-electron chi connectivity index (χ3n) is 3.22. The molecule has 2 aromatic rings. The Morgan fingerprint density at radius 2 is 1.83 bits per heavy atom. The first-order valence-corrected chi connectivity index (χ1v) is 6.81. The molecule has 0 amide bonds. The van der Waals surface area contributed by atoms with Crippen molar-refractivity contribution < 1.29 is 4.74 Å². The number of anilines is 2. The van der Waals surface area contributed by atoms with E-state index in [1.54, 1.807) is 18.9 Å². The Morgan fingerprint density at radius 3 is 2.67 bits per heavy atom. The quantitative estimate of drug-likeness (QED) is 0.724. The molecule has 18 heavy (non-hydrogen) atoms. The first-order chi connectivity index (χ1) is 8.79. The summed E-state index contributed by atoms with van der Waals surface area (Å²) in [5.74, 6) is 0. The van der Waals surface area contributed by atoms with Crippen LogP contribution in [0.5, 0.6) is 0 Å². The number of hydrogen-bond donors (Lipinski definition) is 1. The molecule has 1 atom stereocenters. The van der Waals surface area contributed by atoms with Crippen molar-refractivity contribution in [3.8, 4) is 0 Å². The van der Waals surface area contributed by atoms with E-state index in [1.807, 2.05) is 0 Å². The summed E-state index contributed by atoms with van der Waals surface area (Å²) in [6, 6.07) is 14.7. The average molecular weight is 257 g/mol. The Labute approximate surface area is 111 Å². The number of benzene rings is 2. The van der Waals surface area contributed by atoms with Crippen LogP contribution in [-0.2, 0) is 4.74 Å². The van der Waals surface area contributed by atoms with E-state index in [9.17, 15) is 0 Å². The summed E-state index contributed by atoms with van der Waals surface area (Å²) in [4.78, 5) is 2.53. The highest BCUT2D eigenvalue weighted by atomic mass is 32.2. The molecule has 0 fully saturated rings. The highest BCUT2D eigenvalue weighted by Crippen LogP contribution is 2.46. The predicted molar refractivity (Wildman–Crippen MR) is 75.7 cm³/mol. The Balaban J connectivity index is 2.07. The molecule has 0 saturated heterocycles. The van der Waals surface area contributed by atoms with Crippen molar-refractivity contribution in [2.24, 2.45) is 0 Å². The second-order valence-corrected chi connectivity index (χ2v) is 5.41. The van der Waals surface area contributed by atoms with Crippen molar-refractivity contribution in [2.75, 3.05) is 12.4 Å². The fourth-order valence-corrected chi connectivity index (χ4v) is 3.17. The van der Waals surface area contributed by atoms with Crippen molar-refractivity contribution in [3.05, 3.63) is 48.0 Å². The molecule has 1 aliphatic rings. The van der Waals surface area contributed by atoms with Gasteiger partial charge in [0.15, 0.2) is 0 Å². The molecule has 0 aromatic heterocycles. The standard InChI is InChI=1S/C15H15NOS/c1-10(17-2)11-6-5-9-14-15(11)16-12-7-3-4-8-13(12)18-14/h3-10,16H,1-2H3. The van der Waals surface area contributed by atoms with Gasteiger partial charge in [-0.1, -0.05) is 36.0 Å². The van der Waals surface area contributed by atoms with Crippen LogP contribution in [0.4, 0.5) is 11.4 Å². The molecule has 0 spiro atoms. The molecule has 1 unspecified atom stereocenters. The molecule has 3 heteroatoms. The Bertz CT molecular complexity index is 582. The van der Waals surface area contributed by atoms with Crippen LogP contribution in [0.25, 0.3) is 0 Å². The number of hydrogen-bond acceptors (Lipinski definition) is 3. The largest absolute Gasteiger partial charge is 0.377 e. The van der Waals surface area contributed by atoms with E-state index >= 15 is 0 Å². The minimum Gasteiger partial charge on any atom is -0.377 e. The zero-order chi connectivity index (χ0) is 12.5. The third-order valence-corrected chi connectivity index (χ3v) is 4.35. The third kappa shape index (κ3) is 1.89. The molecule has 3 rings (SSSR count). The van der Waals surface area contributed by atoms with Crippen molar-refractivity contribution in [1.82, 2.24) is 0 Å². The van der Waals surface area contributed by atoms with Crippen LogP contribution in [0.15, 0.2) is 52.3 Å². The van der Waals surface area contributed by atoms with Crippen LogP contribution >= 0.6 is 11.8 Å². The monoisotopic (exact) mass is 257 g/mol. The van der Waals surface area contributed by atoms with Gasteiger partial charge in [-0.05, 0) is 25.1 Å². The fourth-order valence-electron chi connectivity index (χ4n) is 2.14. The van der Waals surface area contributed by atoms with E-state index in [1.165, 1.54) is 26.7 Å². The number of rotatable bonds is 2. The van der Waals surface area contributed by atoms with Gasteiger partial charge in [0.05, 0.1) is 17.5 Å². The van der Waals surface area contributed by atoms with Crippen molar-refractivity contribution >= 4 is 23.1 Å². The maximum Gasteiger partial charge on any atom is 0.0813 e. The first kappa shape index (κ1) is 11.6. The Hall–Kier alpha value is -1.45. The highest BCUT2D eigenvalue weighted by molar-refractivity contribution is 7.99. The number of methoxy groups -OCH3 is 1. The first-order valence-electron chi connectivity index (χ1n) is 5.99. The van der Waals surface area contributed by atoms with Gasteiger partial charge in [0.25, 0.3) is 0 Å². The smallest absolute Gasteiger partial charge is 0.0813 e. The molecule has 92 valence electrons. The number of nitrogens with one attached hydrogen (secondary N) is 1. The van der Waals surface area contributed by atoms with E-state index < -0.39 is 0 Å². The zero-order valence-corrected chi connectivity index (χ0v) is 11.3. The van der Waals surface area contributed by atoms with Gasteiger partial charge in [0.2, 0.25) is 0 Å². The number of para-hydroxylation sites is 2. The number of fused-ring (bicyclic) bond motifs is 2. The van der Waals surface area contributed by atoms with Crippen LogP contribution in [0.1, 0.15) is 18.6 Å². The van der Waals surface area contributed by atoms with Crippen molar-refractivity contribution in [3.63, 3.8) is 0 Å². The molecule has 0 bridgehead atoms. The molecule has 0 aliphatic carbocycles. The Kier molecular flexibility index (Phi) is 3.02. The summed E-state index contributed by atoms with van der Waals surface area (Å²) in [7, 11) is 1.74. The van der Waals surface area contributed by atoms with Crippen LogP contribution in [0.3, 0.4) is 0 Å². The van der Waals surface area contributed by atoms with Gasteiger partial charge < -0.3 is 10.1 Å². The normalized spacial score (nSPS) is 14.3. The van der Waals surface area contributed by atoms with Gasteiger partial charge in [-0.2, -0.15) is 0 Å². The highest BCUT2D eigenvalue weighted by Gasteiger charge is 2.20. The lowest BCUT2D eigenvalue weighted by Gasteiger charge is -2.25. The van der Waals surface area contributed by atoms with E-state index in [4.69, 9.17) is 4.74 Å².